The summed E-state index contributed by atoms with van der Waals surface area (Å²) in [6.45, 7) is 11.4. The van der Waals surface area contributed by atoms with E-state index in [-0.39, 0.29) is 29.5 Å². The molecule has 3 N–H and O–H groups in total. The predicted octanol–water partition coefficient (Wildman–Crippen LogP) is 3.70. The molecule has 0 spiro atoms. The van der Waals surface area contributed by atoms with Gasteiger partial charge in [-0.2, -0.15) is 0 Å². The minimum Gasteiger partial charge on any atom is -0.444 e. The zero-order valence-corrected chi connectivity index (χ0v) is 21.4. The van der Waals surface area contributed by atoms with Gasteiger partial charge in [0.25, 0.3) is 0 Å². The molecule has 0 unspecified atom stereocenters. The zero-order chi connectivity index (χ0) is 21.4. The van der Waals surface area contributed by atoms with Crippen molar-refractivity contribution >= 4 is 41.7 Å². The van der Waals surface area contributed by atoms with Crippen LogP contribution in [0.2, 0.25) is 0 Å². The number of nitrogens with zero attached hydrogens (tertiary/aromatic N) is 2. The minimum atomic E-state index is -0.510. The lowest BCUT2D eigenvalue weighted by Gasteiger charge is -2.33. The molecule has 0 saturated heterocycles. The van der Waals surface area contributed by atoms with E-state index >= 15 is 0 Å². The number of hydrogen-bond acceptors (Lipinski definition) is 4. The number of anilines is 1. The van der Waals surface area contributed by atoms with E-state index in [1.165, 1.54) is 5.56 Å². The van der Waals surface area contributed by atoms with E-state index in [1.807, 2.05) is 45.0 Å². The molecular weight excluding hydrogens is 481 g/mol. The molecule has 0 heterocycles. The first-order chi connectivity index (χ1) is 12.9. The molecule has 0 aliphatic carbocycles. The van der Waals surface area contributed by atoms with Crippen LogP contribution in [0.25, 0.3) is 0 Å². The third-order valence-corrected chi connectivity index (χ3v) is 4.43. The molecule has 1 aromatic carbocycles. The normalized spacial score (nSPS) is 12.2. The molecule has 0 saturated carbocycles. The number of carbonyl (C=O) groups excluding carboxylic acids is 1. The predicted molar refractivity (Wildman–Crippen MR) is 133 cm³/mol. The van der Waals surface area contributed by atoms with Crippen molar-refractivity contribution in [3.05, 3.63) is 29.8 Å². The minimum absolute atomic E-state index is 0. The van der Waals surface area contributed by atoms with Gasteiger partial charge in [-0.15, -0.1) is 24.0 Å². The summed E-state index contributed by atoms with van der Waals surface area (Å²) in [5.74, 6) is 0.790. The van der Waals surface area contributed by atoms with Crippen molar-refractivity contribution in [2.24, 2.45) is 4.99 Å². The highest BCUT2D eigenvalue weighted by atomic mass is 127. The van der Waals surface area contributed by atoms with E-state index in [1.54, 1.807) is 7.05 Å². The highest BCUT2D eigenvalue weighted by Gasteiger charge is 2.20. The highest BCUT2D eigenvalue weighted by Crippen LogP contribution is 2.13. The van der Waals surface area contributed by atoms with Crippen LogP contribution in [0.15, 0.2) is 29.3 Å². The molecular formula is C21H38IN5O2. The van der Waals surface area contributed by atoms with Gasteiger partial charge >= 0.3 is 6.09 Å². The zero-order valence-electron chi connectivity index (χ0n) is 19.0. The van der Waals surface area contributed by atoms with E-state index < -0.39 is 11.7 Å². The molecule has 7 nitrogen and oxygen atoms in total. The van der Waals surface area contributed by atoms with Crippen LogP contribution in [0.3, 0.4) is 0 Å². The molecule has 0 radical (unpaired) electrons. The van der Waals surface area contributed by atoms with Crippen LogP contribution in [0.4, 0.5) is 10.5 Å². The summed E-state index contributed by atoms with van der Waals surface area (Å²) in [4.78, 5) is 18.3. The SMILES string of the molecule is CN=C(NCCc1ccc(NC(=O)OC(C)(C)C)cc1)NCC(C)(C)N(C)C.I. The van der Waals surface area contributed by atoms with E-state index in [4.69, 9.17) is 4.74 Å². The van der Waals surface area contributed by atoms with Gasteiger partial charge in [-0.05, 0) is 72.8 Å². The Labute approximate surface area is 193 Å². The van der Waals surface area contributed by atoms with Crippen LogP contribution in [0.5, 0.6) is 0 Å². The summed E-state index contributed by atoms with van der Waals surface area (Å²) < 4.78 is 5.25. The summed E-state index contributed by atoms with van der Waals surface area (Å²) in [7, 11) is 5.91. The van der Waals surface area contributed by atoms with Gasteiger partial charge in [-0.1, -0.05) is 12.1 Å². The van der Waals surface area contributed by atoms with Gasteiger partial charge in [0.1, 0.15) is 5.60 Å². The smallest absolute Gasteiger partial charge is 0.412 e. The van der Waals surface area contributed by atoms with Crippen LogP contribution >= 0.6 is 24.0 Å². The molecule has 0 bridgehead atoms. The number of hydrogen-bond donors (Lipinski definition) is 3. The monoisotopic (exact) mass is 519 g/mol. The number of aliphatic imine (C=N–C) groups is 1. The fraction of sp³-hybridized carbons (Fsp3) is 0.619. The first kappa shape index (κ1) is 27.5. The summed E-state index contributed by atoms with van der Waals surface area (Å²) in [6.07, 6.45) is 0.405. The molecule has 1 aromatic rings. The summed E-state index contributed by atoms with van der Waals surface area (Å²) in [5.41, 5.74) is 1.42. The van der Waals surface area contributed by atoms with Gasteiger partial charge in [-0.3, -0.25) is 10.3 Å². The molecule has 0 atom stereocenters. The second-order valence-corrected chi connectivity index (χ2v) is 8.63. The fourth-order valence-corrected chi connectivity index (χ4v) is 2.18. The number of amides is 1. The van der Waals surface area contributed by atoms with Crippen molar-refractivity contribution in [3.8, 4) is 0 Å². The third kappa shape index (κ3) is 11.3. The van der Waals surface area contributed by atoms with E-state index in [9.17, 15) is 4.79 Å². The van der Waals surface area contributed by atoms with Crippen LogP contribution in [0, 0.1) is 0 Å². The maximum Gasteiger partial charge on any atom is 0.412 e. The lowest BCUT2D eigenvalue weighted by molar-refractivity contribution is 0.0636. The Bertz CT molecular complexity index is 652. The summed E-state index contributed by atoms with van der Waals surface area (Å²) in [6, 6.07) is 7.76. The van der Waals surface area contributed by atoms with Crippen LogP contribution in [-0.4, -0.2) is 62.3 Å². The van der Waals surface area contributed by atoms with Crippen LogP contribution < -0.4 is 16.0 Å². The van der Waals surface area contributed by atoms with E-state index in [0.717, 1.165) is 25.5 Å². The van der Waals surface area contributed by atoms with Crippen molar-refractivity contribution in [2.45, 2.75) is 52.2 Å². The van der Waals surface area contributed by atoms with Crippen LogP contribution in [-0.2, 0) is 11.2 Å². The maximum absolute atomic E-state index is 11.8. The number of nitrogens with one attached hydrogen (secondary N) is 3. The number of carbonyl (C=O) groups is 1. The van der Waals surface area contributed by atoms with Crippen molar-refractivity contribution in [1.29, 1.82) is 0 Å². The summed E-state index contributed by atoms with van der Waals surface area (Å²) in [5, 5.41) is 9.43. The van der Waals surface area contributed by atoms with Crippen LogP contribution in [0.1, 0.15) is 40.2 Å². The largest absolute Gasteiger partial charge is 0.444 e. The van der Waals surface area contributed by atoms with Gasteiger partial charge in [0, 0.05) is 31.4 Å². The Morgan fingerprint density at radius 2 is 1.66 bits per heavy atom. The molecule has 0 fully saturated rings. The third-order valence-electron chi connectivity index (χ3n) is 4.43. The van der Waals surface area contributed by atoms with Crippen molar-refractivity contribution in [2.75, 3.05) is 39.5 Å². The quantitative estimate of drug-likeness (QED) is 0.291. The van der Waals surface area contributed by atoms with Gasteiger partial charge < -0.3 is 20.3 Å². The van der Waals surface area contributed by atoms with Gasteiger partial charge in [0.05, 0.1) is 0 Å². The number of guanidine groups is 1. The van der Waals surface area contributed by atoms with Gasteiger partial charge in [-0.25, -0.2) is 4.79 Å². The Morgan fingerprint density at radius 1 is 1.07 bits per heavy atom. The molecule has 0 aliphatic heterocycles. The molecule has 1 amide bonds. The standard InChI is InChI=1S/C21H37N5O2.HI/c1-20(2,3)28-19(27)25-17-11-9-16(10-12-17)13-14-23-18(22-6)24-15-21(4,5)26(7)8;/h9-12H,13-15H2,1-8H3,(H,25,27)(H2,22,23,24);1H. The average Bonchev–Trinajstić information content (AvgIpc) is 2.57. The number of rotatable bonds is 7. The second kappa shape index (κ2) is 12.2. The van der Waals surface area contributed by atoms with Gasteiger partial charge in [0.15, 0.2) is 5.96 Å². The van der Waals surface area contributed by atoms with E-state index in [2.05, 4.69) is 53.8 Å². The number of halogens is 1. The number of likely N-dealkylation sites (N-methyl/N-ethyl adjacent to an activating group) is 1. The maximum atomic E-state index is 11.8. The lowest BCUT2D eigenvalue weighted by atomic mass is 10.0. The molecule has 29 heavy (non-hydrogen) atoms. The van der Waals surface area contributed by atoms with Crippen molar-refractivity contribution < 1.29 is 9.53 Å². The Kier molecular flexibility index (Phi) is 11.6. The Hall–Kier alpha value is -1.55. The molecule has 8 heteroatoms. The molecule has 1 rings (SSSR count). The Morgan fingerprint density at radius 3 is 2.14 bits per heavy atom. The Balaban J connectivity index is 0.00000784. The first-order valence-electron chi connectivity index (χ1n) is 9.64. The molecule has 0 aromatic heterocycles. The topological polar surface area (TPSA) is 78.0 Å². The lowest BCUT2D eigenvalue weighted by Crippen LogP contribution is -2.51. The first-order valence-corrected chi connectivity index (χ1v) is 9.64. The average molecular weight is 519 g/mol. The van der Waals surface area contributed by atoms with E-state index in [0.29, 0.717) is 5.69 Å². The summed E-state index contributed by atoms with van der Waals surface area (Å²) >= 11 is 0. The van der Waals surface area contributed by atoms with Crippen molar-refractivity contribution in [3.63, 3.8) is 0 Å². The molecule has 0 aliphatic rings. The van der Waals surface area contributed by atoms with Gasteiger partial charge in [0.2, 0.25) is 0 Å². The number of ether oxygens (including phenoxy) is 1. The second-order valence-electron chi connectivity index (χ2n) is 8.63. The highest BCUT2D eigenvalue weighted by molar-refractivity contribution is 14.0. The molecule has 166 valence electrons. The number of benzene rings is 1. The van der Waals surface area contributed by atoms with Crippen molar-refractivity contribution in [1.82, 2.24) is 15.5 Å². The fourth-order valence-electron chi connectivity index (χ4n) is 2.18.